The van der Waals surface area contributed by atoms with Crippen LogP contribution >= 0.6 is 0 Å². The molecule has 2 aliphatic carbocycles. The third kappa shape index (κ3) is 2.22. The van der Waals surface area contributed by atoms with E-state index in [0.717, 1.165) is 48.8 Å². The van der Waals surface area contributed by atoms with Crippen LogP contribution in [-0.2, 0) is 4.79 Å². The predicted octanol–water partition coefficient (Wildman–Crippen LogP) is 4.05. The topological polar surface area (TPSA) is 37.3 Å². The zero-order valence-electron chi connectivity index (χ0n) is 12.1. The Morgan fingerprint density at radius 1 is 1.30 bits per heavy atom. The molecule has 1 aromatic carbocycles. The van der Waals surface area contributed by atoms with Crippen LogP contribution in [0.25, 0.3) is 5.57 Å². The monoisotopic (exact) mass is 270 g/mol. The fraction of sp³-hybridized carbons (Fsp3) is 0.500. The maximum absolute atomic E-state index is 12.3. The van der Waals surface area contributed by atoms with Gasteiger partial charge in [0.15, 0.2) is 5.78 Å². The minimum absolute atomic E-state index is 0.330. The van der Waals surface area contributed by atoms with Crippen LogP contribution in [0, 0.1) is 5.92 Å². The Morgan fingerprint density at radius 2 is 2.10 bits per heavy atom. The zero-order valence-corrected chi connectivity index (χ0v) is 12.1. The molecule has 1 N–H and O–H groups in total. The molecule has 20 heavy (non-hydrogen) atoms. The van der Waals surface area contributed by atoms with Crippen molar-refractivity contribution in [2.24, 2.45) is 5.92 Å². The first-order chi connectivity index (χ1) is 9.72. The molecule has 0 saturated heterocycles. The van der Waals surface area contributed by atoms with Gasteiger partial charge in [-0.15, -0.1) is 0 Å². The highest BCUT2D eigenvalue weighted by Gasteiger charge is 2.35. The first-order valence-corrected chi connectivity index (χ1v) is 7.76. The number of allylic oxidation sites excluding steroid dienone is 2. The van der Waals surface area contributed by atoms with Crippen LogP contribution in [0.5, 0.6) is 0 Å². The van der Waals surface area contributed by atoms with E-state index in [0.29, 0.717) is 18.1 Å². The van der Waals surface area contributed by atoms with Gasteiger partial charge in [-0.2, -0.15) is 0 Å². The van der Waals surface area contributed by atoms with Gasteiger partial charge in [0.2, 0.25) is 0 Å². The number of fused-ring (bicyclic) bond motifs is 3. The molecule has 3 rings (SSSR count). The lowest BCUT2D eigenvalue weighted by molar-refractivity contribution is -0.116. The lowest BCUT2D eigenvalue weighted by atomic mass is 9.69. The number of rotatable bonds is 3. The van der Waals surface area contributed by atoms with Crippen LogP contribution in [0.2, 0.25) is 0 Å². The molecule has 0 aliphatic heterocycles. The Hall–Kier alpha value is -1.41. The molecule has 2 nitrogen and oxygen atoms in total. The lowest BCUT2D eigenvalue weighted by Gasteiger charge is -2.36. The molecule has 2 aliphatic rings. The summed E-state index contributed by atoms with van der Waals surface area (Å²) in [6.45, 7) is 2.16. The molecule has 0 amide bonds. The Balaban J connectivity index is 2.13. The van der Waals surface area contributed by atoms with Gasteiger partial charge in [0, 0.05) is 6.42 Å². The molecule has 0 heterocycles. The van der Waals surface area contributed by atoms with Gasteiger partial charge in [-0.25, -0.2) is 0 Å². The van der Waals surface area contributed by atoms with Crippen LogP contribution in [0.15, 0.2) is 29.8 Å². The standard InChI is InChI=1S/C18H22O2/c1-2-3-6-15-16(19)10-9-12-11-17(20)13-7-4-5-8-14(13)18(12)15/h4-5,7-8,12,17,20H,2-3,6,9-11H2,1H3/t12-,17+/m1/s1. The summed E-state index contributed by atoms with van der Waals surface area (Å²) in [5.74, 6) is 0.695. The molecule has 0 bridgehead atoms. The summed E-state index contributed by atoms with van der Waals surface area (Å²) in [6, 6.07) is 8.06. The largest absolute Gasteiger partial charge is 0.388 e. The first kappa shape index (κ1) is 13.6. The van der Waals surface area contributed by atoms with E-state index >= 15 is 0 Å². The Bertz CT molecular complexity index is 556. The van der Waals surface area contributed by atoms with Crippen LogP contribution in [0.1, 0.15) is 62.7 Å². The Morgan fingerprint density at radius 3 is 2.90 bits per heavy atom. The fourth-order valence-corrected chi connectivity index (χ4v) is 3.67. The number of unbranched alkanes of at least 4 members (excludes halogenated alkanes) is 1. The first-order valence-electron chi connectivity index (χ1n) is 7.76. The minimum atomic E-state index is -0.374. The minimum Gasteiger partial charge on any atom is -0.388 e. The van der Waals surface area contributed by atoms with Crippen LogP contribution in [0.3, 0.4) is 0 Å². The summed E-state index contributed by atoms with van der Waals surface area (Å²) in [5, 5.41) is 10.3. The molecule has 0 fully saturated rings. The molecule has 0 aromatic heterocycles. The molecular formula is C18H22O2. The van der Waals surface area contributed by atoms with E-state index in [1.165, 1.54) is 5.57 Å². The SMILES string of the molecule is CCCCC1=C2c3ccccc3[C@@H](O)C[C@H]2CCC1=O. The van der Waals surface area contributed by atoms with Crippen molar-refractivity contribution in [3.8, 4) is 0 Å². The zero-order chi connectivity index (χ0) is 14.1. The number of Topliss-reactive ketones (excluding diaryl/α,β-unsaturated/α-hetero) is 1. The smallest absolute Gasteiger partial charge is 0.159 e. The highest BCUT2D eigenvalue weighted by Crippen LogP contribution is 2.47. The number of benzene rings is 1. The molecule has 0 spiro atoms. The van der Waals surface area contributed by atoms with Crippen LogP contribution in [0.4, 0.5) is 0 Å². The number of carbonyl (C=O) groups excluding carboxylic acids is 1. The average molecular weight is 270 g/mol. The number of hydrogen-bond donors (Lipinski definition) is 1. The lowest BCUT2D eigenvalue weighted by Crippen LogP contribution is -2.25. The van der Waals surface area contributed by atoms with E-state index in [9.17, 15) is 9.90 Å². The van der Waals surface area contributed by atoms with E-state index in [-0.39, 0.29) is 6.10 Å². The maximum atomic E-state index is 12.3. The summed E-state index contributed by atoms with van der Waals surface area (Å²) in [6.07, 6.45) is 5.03. The number of carbonyl (C=O) groups is 1. The molecule has 106 valence electrons. The van der Waals surface area contributed by atoms with E-state index in [1.807, 2.05) is 18.2 Å². The maximum Gasteiger partial charge on any atom is 0.159 e. The van der Waals surface area contributed by atoms with Crippen molar-refractivity contribution in [2.75, 3.05) is 0 Å². The van der Waals surface area contributed by atoms with Crippen molar-refractivity contribution < 1.29 is 9.90 Å². The summed E-state index contributed by atoms with van der Waals surface area (Å²) < 4.78 is 0. The van der Waals surface area contributed by atoms with Crippen molar-refractivity contribution in [1.82, 2.24) is 0 Å². The Kier molecular flexibility index (Phi) is 3.75. The molecule has 0 radical (unpaired) electrons. The number of ketones is 1. The Labute approximate surface area is 120 Å². The van der Waals surface area contributed by atoms with Crippen molar-refractivity contribution in [1.29, 1.82) is 0 Å². The van der Waals surface area contributed by atoms with Gasteiger partial charge < -0.3 is 5.11 Å². The van der Waals surface area contributed by atoms with Gasteiger partial charge in [-0.05, 0) is 53.9 Å². The molecular weight excluding hydrogens is 248 g/mol. The summed E-state index contributed by atoms with van der Waals surface area (Å²) in [5.41, 5.74) is 4.41. The van der Waals surface area contributed by atoms with Crippen molar-refractivity contribution in [2.45, 2.75) is 51.6 Å². The third-order valence-corrected chi connectivity index (χ3v) is 4.69. The van der Waals surface area contributed by atoms with Crippen molar-refractivity contribution >= 4 is 11.4 Å². The van der Waals surface area contributed by atoms with Crippen molar-refractivity contribution in [3.63, 3.8) is 0 Å². The normalized spacial score (nSPS) is 25.4. The second kappa shape index (κ2) is 5.53. The number of hydrogen-bond acceptors (Lipinski definition) is 2. The molecule has 1 aromatic rings. The molecule has 0 unspecified atom stereocenters. The van der Waals surface area contributed by atoms with Crippen LogP contribution in [-0.4, -0.2) is 10.9 Å². The highest BCUT2D eigenvalue weighted by atomic mass is 16.3. The average Bonchev–Trinajstić information content (AvgIpc) is 2.47. The van der Waals surface area contributed by atoms with Gasteiger partial charge in [0.05, 0.1) is 6.10 Å². The molecule has 0 saturated carbocycles. The third-order valence-electron chi connectivity index (χ3n) is 4.69. The van der Waals surface area contributed by atoms with Gasteiger partial charge in [-0.1, -0.05) is 37.6 Å². The van der Waals surface area contributed by atoms with Gasteiger partial charge in [0.25, 0.3) is 0 Å². The van der Waals surface area contributed by atoms with Gasteiger partial charge in [0.1, 0.15) is 0 Å². The van der Waals surface area contributed by atoms with E-state index < -0.39 is 0 Å². The molecule has 2 heteroatoms. The predicted molar refractivity (Wildman–Crippen MR) is 80.2 cm³/mol. The fourth-order valence-electron chi connectivity index (χ4n) is 3.67. The van der Waals surface area contributed by atoms with E-state index in [2.05, 4.69) is 13.0 Å². The van der Waals surface area contributed by atoms with Gasteiger partial charge in [-0.3, -0.25) is 4.79 Å². The number of aliphatic hydroxyl groups excluding tert-OH is 1. The van der Waals surface area contributed by atoms with Crippen LogP contribution < -0.4 is 0 Å². The van der Waals surface area contributed by atoms with E-state index in [1.54, 1.807) is 0 Å². The second-order valence-electron chi connectivity index (χ2n) is 5.99. The van der Waals surface area contributed by atoms with Crippen molar-refractivity contribution in [3.05, 3.63) is 41.0 Å². The molecule has 2 atom stereocenters. The highest BCUT2D eigenvalue weighted by molar-refractivity contribution is 6.05. The number of aliphatic hydroxyl groups is 1. The quantitative estimate of drug-likeness (QED) is 0.899. The van der Waals surface area contributed by atoms with Gasteiger partial charge >= 0.3 is 0 Å². The second-order valence-corrected chi connectivity index (χ2v) is 5.99. The summed E-state index contributed by atoms with van der Waals surface area (Å²) in [4.78, 5) is 12.3. The summed E-state index contributed by atoms with van der Waals surface area (Å²) >= 11 is 0. The van der Waals surface area contributed by atoms with E-state index in [4.69, 9.17) is 0 Å². The summed E-state index contributed by atoms with van der Waals surface area (Å²) in [7, 11) is 0.